The molecule has 0 spiro atoms. The zero-order valence-electron chi connectivity index (χ0n) is 18.7. The van der Waals surface area contributed by atoms with Crippen LogP contribution in [0.15, 0.2) is 71.6 Å². The lowest BCUT2D eigenvalue weighted by Crippen LogP contribution is -2.38. The van der Waals surface area contributed by atoms with Crippen molar-refractivity contribution in [2.75, 3.05) is 30.4 Å². The molecule has 0 saturated carbocycles. The van der Waals surface area contributed by atoms with E-state index in [1.165, 1.54) is 44.6 Å². The van der Waals surface area contributed by atoms with Gasteiger partial charge in [-0.3, -0.25) is 9.10 Å². The molecule has 0 aliphatic heterocycles. The number of hydrogen-bond acceptors (Lipinski definition) is 6. The van der Waals surface area contributed by atoms with E-state index in [0.717, 1.165) is 4.31 Å². The molecule has 0 saturated heterocycles. The maximum atomic E-state index is 13.4. The minimum absolute atomic E-state index is 0.0126. The fourth-order valence-electron chi connectivity index (χ4n) is 3.27. The van der Waals surface area contributed by atoms with Gasteiger partial charge in [-0.2, -0.15) is 0 Å². The Morgan fingerprint density at radius 3 is 2.32 bits per heavy atom. The Bertz CT molecular complexity index is 1310. The van der Waals surface area contributed by atoms with E-state index in [0.29, 0.717) is 17.0 Å². The molecule has 1 N–H and O–H groups in total. The van der Waals surface area contributed by atoms with Crippen LogP contribution in [-0.4, -0.2) is 41.1 Å². The maximum Gasteiger partial charge on any atom is 0.338 e. The van der Waals surface area contributed by atoms with E-state index in [9.17, 15) is 18.0 Å². The second kappa shape index (κ2) is 10.6. The highest BCUT2D eigenvalue weighted by molar-refractivity contribution is 7.92. The lowest BCUT2D eigenvalue weighted by Gasteiger charge is -2.25. The zero-order valence-corrected chi connectivity index (χ0v) is 20.3. The van der Waals surface area contributed by atoms with Crippen LogP contribution in [0.3, 0.4) is 0 Å². The number of ether oxygens (including phenoxy) is 2. The van der Waals surface area contributed by atoms with Crippen molar-refractivity contribution in [1.82, 2.24) is 0 Å². The first-order valence-corrected chi connectivity index (χ1v) is 11.9. The first-order chi connectivity index (χ1) is 16.2. The van der Waals surface area contributed by atoms with Crippen molar-refractivity contribution in [3.63, 3.8) is 0 Å². The van der Waals surface area contributed by atoms with Crippen molar-refractivity contribution in [2.24, 2.45) is 0 Å². The topological polar surface area (TPSA) is 102 Å². The molecular formula is C24H23ClN2O6S. The molecule has 8 nitrogen and oxygen atoms in total. The fraction of sp³-hybridized carbons (Fsp3) is 0.167. The van der Waals surface area contributed by atoms with Crippen LogP contribution in [0.5, 0.6) is 5.75 Å². The molecule has 0 aromatic heterocycles. The Balaban J connectivity index is 1.97. The largest absolute Gasteiger partial charge is 0.495 e. The van der Waals surface area contributed by atoms with Crippen LogP contribution >= 0.6 is 11.6 Å². The summed E-state index contributed by atoms with van der Waals surface area (Å²) >= 11 is 6.23. The molecule has 178 valence electrons. The number of benzene rings is 3. The summed E-state index contributed by atoms with van der Waals surface area (Å²) in [5, 5.41) is 2.87. The predicted molar refractivity (Wildman–Crippen MR) is 130 cm³/mol. The molecule has 0 radical (unpaired) electrons. The summed E-state index contributed by atoms with van der Waals surface area (Å²) in [5.74, 6) is -0.798. The van der Waals surface area contributed by atoms with Gasteiger partial charge in [0.05, 0.1) is 35.4 Å². The number of anilines is 2. The molecule has 0 aliphatic carbocycles. The number of carbonyl (C=O) groups excluding carboxylic acids is 2. The molecule has 34 heavy (non-hydrogen) atoms. The number of hydrogen-bond donors (Lipinski definition) is 1. The summed E-state index contributed by atoms with van der Waals surface area (Å²) in [7, 11) is -1.41. The van der Waals surface area contributed by atoms with Crippen LogP contribution in [0.1, 0.15) is 15.9 Å². The average Bonchev–Trinajstić information content (AvgIpc) is 2.83. The van der Waals surface area contributed by atoms with Gasteiger partial charge in [0.2, 0.25) is 5.91 Å². The number of rotatable bonds is 8. The highest BCUT2D eigenvalue weighted by Crippen LogP contribution is 2.32. The zero-order chi connectivity index (χ0) is 24.9. The lowest BCUT2D eigenvalue weighted by molar-refractivity contribution is -0.114. The van der Waals surface area contributed by atoms with Gasteiger partial charge >= 0.3 is 5.97 Å². The Kier molecular flexibility index (Phi) is 7.80. The van der Waals surface area contributed by atoms with Gasteiger partial charge in [0.25, 0.3) is 10.0 Å². The Morgan fingerprint density at radius 1 is 1.00 bits per heavy atom. The van der Waals surface area contributed by atoms with Gasteiger partial charge in [-0.15, -0.1) is 0 Å². The summed E-state index contributed by atoms with van der Waals surface area (Å²) in [4.78, 5) is 25.0. The quantitative estimate of drug-likeness (QED) is 0.461. The van der Waals surface area contributed by atoms with Crippen molar-refractivity contribution >= 4 is 44.9 Å². The van der Waals surface area contributed by atoms with Crippen molar-refractivity contribution in [2.45, 2.75) is 11.8 Å². The number of esters is 1. The van der Waals surface area contributed by atoms with Crippen LogP contribution in [0, 0.1) is 6.92 Å². The molecule has 0 aliphatic rings. The first kappa shape index (κ1) is 25.1. The number of carbonyl (C=O) groups is 2. The summed E-state index contributed by atoms with van der Waals surface area (Å²) < 4.78 is 37.8. The summed E-state index contributed by atoms with van der Waals surface area (Å²) in [6.07, 6.45) is 0. The molecule has 0 atom stereocenters. The second-order valence-corrected chi connectivity index (χ2v) is 9.43. The van der Waals surface area contributed by atoms with Gasteiger partial charge in [-0.05, 0) is 55.0 Å². The van der Waals surface area contributed by atoms with E-state index in [-0.39, 0.29) is 21.2 Å². The van der Waals surface area contributed by atoms with Crippen molar-refractivity contribution in [3.8, 4) is 5.75 Å². The summed E-state index contributed by atoms with van der Waals surface area (Å²) in [6, 6.07) is 17.0. The third-order valence-corrected chi connectivity index (χ3v) is 7.14. The maximum absolute atomic E-state index is 13.4. The van der Waals surface area contributed by atoms with Crippen LogP contribution in [0.25, 0.3) is 0 Å². The van der Waals surface area contributed by atoms with Gasteiger partial charge in [0, 0.05) is 5.69 Å². The number of halogens is 1. The highest BCUT2D eigenvalue weighted by Gasteiger charge is 2.28. The predicted octanol–water partition coefficient (Wildman–Crippen LogP) is 4.28. The van der Waals surface area contributed by atoms with Gasteiger partial charge in [0.15, 0.2) is 0 Å². The van der Waals surface area contributed by atoms with E-state index in [1.54, 1.807) is 43.3 Å². The normalized spacial score (nSPS) is 10.9. The van der Waals surface area contributed by atoms with E-state index in [4.69, 9.17) is 21.1 Å². The molecule has 0 heterocycles. The third-order valence-electron chi connectivity index (χ3n) is 5.05. The van der Waals surface area contributed by atoms with E-state index < -0.39 is 28.4 Å². The van der Waals surface area contributed by atoms with E-state index in [1.807, 2.05) is 0 Å². The number of nitrogens with one attached hydrogen (secondary N) is 1. The van der Waals surface area contributed by atoms with E-state index >= 15 is 0 Å². The Hall–Kier alpha value is -3.56. The molecule has 3 aromatic carbocycles. The van der Waals surface area contributed by atoms with Crippen molar-refractivity contribution in [3.05, 3.63) is 82.9 Å². The molecule has 1 amide bonds. The third kappa shape index (κ3) is 5.32. The summed E-state index contributed by atoms with van der Waals surface area (Å²) in [5.41, 5.74) is 1.33. The van der Waals surface area contributed by atoms with Crippen molar-refractivity contribution < 1.29 is 27.5 Å². The minimum Gasteiger partial charge on any atom is -0.495 e. The van der Waals surface area contributed by atoms with Crippen LogP contribution in [0.4, 0.5) is 11.4 Å². The highest BCUT2D eigenvalue weighted by atomic mass is 35.5. The van der Waals surface area contributed by atoms with Gasteiger partial charge in [-0.25, -0.2) is 13.2 Å². The van der Waals surface area contributed by atoms with Gasteiger partial charge < -0.3 is 14.8 Å². The molecule has 0 bridgehead atoms. The molecule has 3 rings (SSSR count). The lowest BCUT2D eigenvalue weighted by atomic mass is 10.1. The average molecular weight is 503 g/mol. The monoisotopic (exact) mass is 502 g/mol. The molecular weight excluding hydrogens is 480 g/mol. The van der Waals surface area contributed by atoms with Gasteiger partial charge in [0.1, 0.15) is 12.3 Å². The van der Waals surface area contributed by atoms with E-state index in [2.05, 4.69) is 5.32 Å². The smallest absolute Gasteiger partial charge is 0.338 e. The Labute approximate surface area is 203 Å². The molecule has 10 heteroatoms. The van der Waals surface area contributed by atoms with Crippen LogP contribution in [0.2, 0.25) is 5.02 Å². The second-order valence-electron chi connectivity index (χ2n) is 7.16. The molecule has 0 fully saturated rings. The van der Waals surface area contributed by atoms with Crippen LogP contribution in [-0.2, 0) is 19.6 Å². The number of nitrogens with zero attached hydrogens (tertiary/aromatic N) is 1. The van der Waals surface area contributed by atoms with Crippen molar-refractivity contribution in [1.29, 1.82) is 0 Å². The minimum atomic E-state index is -4.11. The number of sulfonamides is 1. The molecule has 0 unspecified atom stereocenters. The SMILES string of the molecule is COC(=O)c1cccc(NC(=O)CN(c2ccc(OC)c(Cl)c2)S(=O)(=O)c2ccccc2)c1C. The Morgan fingerprint density at radius 2 is 1.71 bits per heavy atom. The standard InChI is InChI=1S/C24H23ClN2O6S/c1-16-19(24(29)33-3)10-7-11-21(16)26-23(28)15-27(17-12-13-22(32-2)20(25)14-17)34(30,31)18-8-5-4-6-9-18/h4-14H,15H2,1-3H3,(H,26,28). The summed E-state index contributed by atoms with van der Waals surface area (Å²) in [6.45, 7) is 1.12. The number of amides is 1. The van der Waals surface area contributed by atoms with Gasteiger partial charge in [-0.1, -0.05) is 35.9 Å². The fourth-order valence-corrected chi connectivity index (χ4v) is 4.95. The van der Waals surface area contributed by atoms with Crippen LogP contribution < -0.4 is 14.4 Å². The first-order valence-electron chi connectivity index (χ1n) is 10.1. The molecule has 3 aromatic rings. The number of methoxy groups -OCH3 is 2.